The fourth-order valence-electron chi connectivity index (χ4n) is 1.76. The van der Waals surface area contributed by atoms with Gasteiger partial charge in [-0.05, 0) is 24.2 Å². The fraction of sp³-hybridized carbons (Fsp3) is 0.333. The van der Waals surface area contributed by atoms with E-state index in [-0.39, 0.29) is 6.04 Å². The largest absolute Gasteiger partial charge is 0.416 e. The summed E-state index contributed by atoms with van der Waals surface area (Å²) < 4.78 is 45.6. The highest BCUT2D eigenvalue weighted by Gasteiger charge is 2.30. The molecular formula is C12H12F3N3S. The second kappa shape index (κ2) is 5.66. The monoisotopic (exact) mass is 287 g/mol. The van der Waals surface area contributed by atoms with Gasteiger partial charge in [0.2, 0.25) is 0 Å². The Morgan fingerprint density at radius 2 is 1.95 bits per heavy atom. The highest BCUT2D eigenvalue weighted by molar-refractivity contribution is 6.99. The van der Waals surface area contributed by atoms with E-state index in [9.17, 15) is 13.2 Å². The summed E-state index contributed by atoms with van der Waals surface area (Å²) in [5.74, 6) is 0. The standard InChI is InChI=1S/C12H12F3N3S/c1-2-16-11(10-7-17-19-18-10)8-3-5-9(6-4-8)12(13,14)15/h3-7,11,16H,2H2,1H3. The molecule has 0 aliphatic rings. The minimum atomic E-state index is -4.31. The van der Waals surface area contributed by atoms with E-state index in [4.69, 9.17) is 0 Å². The lowest BCUT2D eigenvalue weighted by atomic mass is 10.0. The molecule has 0 aliphatic heterocycles. The molecule has 0 amide bonds. The van der Waals surface area contributed by atoms with E-state index in [1.165, 1.54) is 12.1 Å². The molecular weight excluding hydrogens is 275 g/mol. The van der Waals surface area contributed by atoms with Crippen LogP contribution in [0.5, 0.6) is 0 Å². The van der Waals surface area contributed by atoms with Gasteiger partial charge in [-0.25, -0.2) is 0 Å². The van der Waals surface area contributed by atoms with Crippen molar-refractivity contribution in [1.29, 1.82) is 0 Å². The zero-order chi connectivity index (χ0) is 13.9. The number of benzene rings is 1. The molecule has 7 heteroatoms. The lowest BCUT2D eigenvalue weighted by Crippen LogP contribution is -2.22. The zero-order valence-corrected chi connectivity index (χ0v) is 10.9. The van der Waals surface area contributed by atoms with E-state index in [0.29, 0.717) is 12.2 Å². The molecule has 1 aromatic carbocycles. The van der Waals surface area contributed by atoms with Crippen molar-refractivity contribution in [2.75, 3.05) is 6.54 Å². The van der Waals surface area contributed by atoms with Gasteiger partial charge < -0.3 is 5.32 Å². The highest BCUT2D eigenvalue weighted by atomic mass is 32.1. The number of halogens is 3. The van der Waals surface area contributed by atoms with Gasteiger partial charge in [-0.2, -0.15) is 21.9 Å². The minimum Gasteiger partial charge on any atom is -0.305 e. The molecule has 102 valence electrons. The van der Waals surface area contributed by atoms with E-state index < -0.39 is 11.7 Å². The van der Waals surface area contributed by atoms with Crippen LogP contribution in [0.2, 0.25) is 0 Å². The van der Waals surface area contributed by atoms with Crippen LogP contribution in [0.3, 0.4) is 0 Å². The molecule has 0 saturated heterocycles. The fourth-order valence-corrected chi connectivity index (χ4v) is 2.21. The van der Waals surface area contributed by atoms with E-state index in [1.807, 2.05) is 6.92 Å². The van der Waals surface area contributed by atoms with Crippen LogP contribution in [0, 0.1) is 0 Å². The SMILES string of the molecule is CCNC(c1ccc(C(F)(F)F)cc1)c1cnsn1. The topological polar surface area (TPSA) is 37.8 Å². The van der Waals surface area contributed by atoms with Crippen LogP contribution >= 0.6 is 11.7 Å². The first-order valence-electron chi connectivity index (χ1n) is 5.70. The Labute approximate surface area is 112 Å². The molecule has 0 spiro atoms. The first kappa shape index (κ1) is 14.0. The number of nitrogens with one attached hydrogen (secondary N) is 1. The maximum absolute atomic E-state index is 12.5. The molecule has 0 aliphatic carbocycles. The Hall–Kier alpha value is -1.47. The summed E-state index contributed by atoms with van der Waals surface area (Å²) >= 11 is 1.08. The van der Waals surface area contributed by atoms with Gasteiger partial charge in [0.05, 0.1) is 35.2 Å². The van der Waals surface area contributed by atoms with Gasteiger partial charge in [0.25, 0.3) is 0 Å². The van der Waals surface area contributed by atoms with Crippen molar-refractivity contribution >= 4 is 11.7 Å². The second-order valence-electron chi connectivity index (χ2n) is 3.94. The lowest BCUT2D eigenvalue weighted by molar-refractivity contribution is -0.137. The molecule has 3 nitrogen and oxygen atoms in total. The van der Waals surface area contributed by atoms with Gasteiger partial charge in [-0.1, -0.05) is 19.1 Å². The van der Waals surface area contributed by atoms with E-state index in [2.05, 4.69) is 14.1 Å². The highest BCUT2D eigenvalue weighted by Crippen LogP contribution is 2.30. The summed E-state index contributed by atoms with van der Waals surface area (Å²) in [6, 6.07) is 4.87. The van der Waals surface area contributed by atoms with Crippen LogP contribution in [-0.2, 0) is 6.18 Å². The van der Waals surface area contributed by atoms with Gasteiger partial charge in [0.15, 0.2) is 0 Å². The summed E-state index contributed by atoms with van der Waals surface area (Å²) in [6.07, 6.45) is -2.69. The van der Waals surface area contributed by atoms with Gasteiger partial charge in [-0.3, -0.25) is 0 Å². The maximum Gasteiger partial charge on any atom is 0.416 e. The van der Waals surface area contributed by atoms with Crippen molar-refractivity contribution in [3.63, 3.8) is 0 Å². The number of rotatable bonds is 4. The molecule has 1 aromatic heterocycles. The smallest absolute Gasteiger partial charge is 0.305 e. The van der Waals surface area contributed by atoms with Gasteiger partial charge in [0.1, 0.15) is 0 Å². The van der Waals surface area contributed by atoms with Gasteiger partial charge >= 0.3 is 6.18 Å². The molecule has 2 aromatic rings. The van der Waals surface area contributed by atoms with E-state index in [0.717, 1.165) is 29.4 Å². The molecule has 0 radical (unpaired) electrons. The van der Waals surface area contributed by atoms with E-state index in [1.54, 1.807) is 6.20 Å². The maximum atomic E-state index is 12.5. The lowest BCUT2D eigenvalue weighted by Gasteiger charge is -2.16. The summed E-state index contributed by atoms with van der Waals surface area (Å²) in [5.41, 5.74) is 0.803. The van der Waals surface area contributed by atoms with Crippen molar-refractivity contribution < 1.29 is 13.2 Å². The molecule has 19 heavy (non-hydrogen) atoms. The number of nitrogens with zero attached hydrogens (tertiary/aromatic N) is 2. The van der Waals surface area contributed by atoms with Crippen molar-refractivity contribution in [1.82, 2.24) is 14.1 Å². The summed E-state index contributed by atoms with van der Waals surface area (Å²) in [4.78, 5) is 0. The molecule has 1 unspecified atom stereocenters. The first-order chi connectivity index (χ1) is 9.02. The number of hydrogen-bond donors (Lipinski definition) is 1. The molecule has 1 N–H and O–H groups in total. The number of hydrogen-bond acceptors (Lipinski definition) is 4. The quantitative estimate of drug-likeness (QED) is 0.938. The van der Waals surface area contributed by atoms with Crippen LogP contribution in [0.15, 0.2) is 30.5 Å². The Morgan fingerprint density at radius 3 is 2.42 bits per heavy atom. The third-order valence-electron chi connectivity index (χ3n) is 2.65. The number of alkyl halides is 3. The third kappa shape index (κ3) is 3.30. The molecule has 0 bridgehead atoms. The second-order valence-corrected chi connectivity index (χ2v) is 4.50. The first-order valence-corrected chi connectivity index (χ1v) is 6.43. The van der Waals surface area contributed by atoms with Crippen LogP contribution in [-0.4, -0.2) is 15.3 Å². The van der Waals surface area contributed by atoms with Crippen LogP contribution in [0.25, 0.3) is 0 Å². The van der Waals surface area contributed by atoms with Crippen LogP contribution in [0.4, 0.5) is 13.2 Å². The normalized spacial score (nSPS) is 13.5. The Kier molecular flexibility index (Phi) is 4.16. The summed E-state index contributed by atoms with van der Waals surface area (Å²) in [6.45, 7) is 2.61. The van der Waals surface area contributed by atoms with Crippen molar-refractivity contribution in [3.8, 4) is 0 Å². The average molecular weight is 287 g/mol. The molecule has 0 fully saturated rings. The van der Waals surface area contributed by atoms with Gasteiger partial charge in [0, 0.05) is 0 Å². The Balaban J connectivity index is 2.28. The van der Waals surface area contributed by atoms with Crippen molar-refractivity contribution in [2.45, 2.75) is 19.1 Å². The van der Waals surface area contributed by atoms with Gasteiger partial charge in [-0.15, -0.1) is 0 Å². The molecule has 2 rings (SSSR count). The Morgan fingerprint density at radius 1 is 1.26 bits per heavy atom. The predicted octanol–water partition coefficient (Wildman–Crippen LogP) is 3.26. The predicted molar refractivity (Wildman–Crippen MR) is 66.9 cm³/mol. The minimum absolute atomic E-state index is 0.231. The Bertz CT molecular complexity index is 508. The summed E-state index contributed by atoms with van der Waals surface area (Å²) in [5, 5.41) is 3.18. The zero-order valence-electron chi connectivity index (χ0n) is 10.1. The van der Waals surface area contributed by atoms with Crippen LogP contribution < -0.4 is 5.32 Å². The van der Waals surface area contributed by atoms with Crippen LogP contribution in [0.1, 0.15) is 29.8 Å². The number of aromatic nitrogens is 2. The van der Waals surface area contributed by atoms with Crippen molar-refractivity contribution in [3.05, 3.63) is 47.3 Å². The van der Waals surface area contributed by atoms with E-state index >= 15 is 0 Å². The third-order valence-corrected chi connectivity index (χ3v) is 3.15. The molecule has 1 heterocycles. The average Bonchev–Trinajstić information content (AvgIpc) is 2.89. The molecule has 1 atom stereocenters. The summed E-state index contributed by atoms with van der Waals surface area (Å²) in [7, 11) is 0. The molecule has 0 saturated carbocycles. The van der Waals surface area contributed by atoms with Crippen molar-refractivity contribution in [2.24, 2.45) is 0 Å².